The molecule has 0 radical (unpaired) electrons. The molecule has 0 aromatic carbocycles. The smallest absolute Gasteiger partial charge is 0.137 e. The fraction of sp³-hybridized carbons (Fsp3) is 0.182. The molecule has 78 valence electrons. The van der Waals surface area contributed by atoms with Crippen molar-refractivity contribution in [1.29, 1.82) is 0 Å². The average molecular weight is 222 g/mol. The van der Waals surface area contributed by atoms with Gasteiger partial charge in [-0.3, -0.25) is 0 Å². The molecule has 2 aromatic rings. The molecule has 0 aliphatic carbocycles. The van der Waals surface area contributed by atoms with Gasteiger partial charge in [-0.1, -0.05) is 24.2 Å². The van der Waals surface area contributed by atoms with Gasteiger partial charge in [0.05, 0.1) is 5.69 Å². The first-order chi connectivity index (χ1) is 7.25. The predicted octanol–water partition coefficient (Wildman–Crippen LogP) is 2.18. The molecule has 0 atom stereocenters. The molecule has 0 aliphatic heterocycles. The van der Waals surface area contributed by atoms with Crippen LogP contribution in [0.1, 0.15) is 5.69 Å². The van der Waals surface area contributed by atoms with E-state index < -0.39 is 0 Å². The molecule has 2 rings (SSSR count). The molecule has 3 nitrogen and oxygen atoms in total. The van der Waals surface area contributed by atoms with Crippen molar-refractivity contribution in [2.75, 3.05) is 6.54 Å². The lowest BCUT2D eigenvalue weighted by Gasteiger charge is -1.98. The van der Waals surface area contributed by atoms with E-state index in [4.69, 9.17) is 11.6 Å². The van der Waals surface area contributed by atoms with E-state index in [1.165, 1.54) is 0 Å². The van der Waals surface area contributed by atoms with Crippen LogP contribution in [-0.2, 0) is 6.54 Å². The molecule has 2 heterocycles. The molecule has 4 heteroatoms. The van der Waals surface area contributed by atoms with Crippen LogP contribution in [0.5, 0.6) is 0 Å². The second-order valence-corrected chi connectivity index (χ2v) is 3.85. The van der Waals surface area contributed by atoms with Crippen molar-refractivity contribution >= 4 is 17.2 Å². The Morgan fingerprint density at radius 2 is 2.40 bits per heavy atom. The average Bonchev–Trinajstić information content (AvgIpc) is 2.59. The molecule has 0 saturated carbocycles. The van der Waals surface area contributed by atoms with Crippen LogP contribution in [-0.4, -0.2) is 15.9 Å². The summed E-state index contributed by atoms with van der Waals surface area (Å²) in [6.07, 6.45) is 3.98. The zero-order chi connectivity index (χ0) is 10.7. The van der Waals surface area contributed by atoms with E-state index in [1.807, 2.05) is 35.0 Å². The molecular formula is C11H12ClN3. The first kappa shape index (κ1) is 10.2. The van der Waals surface area contributed by atoms with Gasteiger partial charge in [-0.2, -0.15) is 0 Å². The maximum Gasteiger partial charge on any atom is 0.137 e. The van der Waals surface area contributed by atoms with Gasteiger partial charge in [0.15, 0.2) is 0 Å². The van der Waals surface area contributed by atoms with Gasteiger partial charge < -0.3 is 9.72 Å². The van der Waals surface area contributed by atoms with E-state index in [0.717, 1.165) is 11.3 Å². The maximum absolute atomic E-state index is 5.64. The van der Waals surface area contributed by atoms with Gasteiger partial charge in [0.2, 0.25) is 0 Å². The SMILES string of the molecule is C=C(Cl)CNCc1cn2ccccc2n1. The Labute approximate surface area is 93.4 Å². The molecule has 15 heavy (non-hydrogen) atoms. The predicted molar refractivity (Wildman–Crippen MR) is 61.9 cm³/mol. The standard InChI is InChI=1S/C11H12ClN3/c1-9(12)6-13-7-10-8-15-5-3-2-4-11(15)14-10/h2-5,8,13H,1,6-7H2. The van der Waals surface area contributed by atoms with E-state index in [2.05, 4.69) is 16.9 Å². The van der Waals surface area contributed by atoms with E-state index >= 15 is 0 Å². The monoisotopic (exact) mass is 221 g/mol. The Morgan fingerprint density at radius 1 is 1.53 bits per heavy atom. The lowest BCUT2D eigenvalue weighted by Crippen LogP contribution is -2.14. The number of nitrogens with zero attached hydrogens (tertiary/aromatic N) is 2. The van der Waals surface area contributed by atoms with Gasteiger partial charge in [0, 0.05) is 30.5 Å². The highest BCUT2D eigenvalue weighted by molar-refractivity contribution is 6.29. The van der Waals surface area contributed by atoms with Crippen molar-refractivity contribution < 1.29 is 0 Å². The summed E-state index contributed by atoms with van der Waals surface area (Å²) in [6, 6.07) is 5.93. The normalized spacial score (nSPS) is 10.7. The third kappa shape index (κ3) is 2.58. The van der Waals surface area contributed by atoms with Crippen LogP contribution >= 0.6 is 11.6 Å². The molecule has 0 spiro atoms. The lowest BCUT2D eigenvalue weighted by molar-refractivity contribution is 0.740. The number of imidazole rings is 1. The molecule has 2 aromatic heterocycles. The molecule has 1 N–H and O–H groups in total. The second kappa shape index (κ2) is 4.47. The Morgan fingerprint density at radius 3 is 3.13 bits per heavy atom. The van der Waals surface area contributed by atoms with E-state index in [-0.39, 0.29) is 0 Å². The topological polar surface area (TPSA) is 29.3 Å². The fourth-order valence-electron chi connectivity index (χ4n) is 1.40. The largest absolute Gasteiger partial charge is 0.307 e. The number of pyridine rings is 1. The van der Waals surface area contributed by atoms with Crippen LogP contribution in [0, 0.1) is 0 Å². The quantitative estimate of drug-likeness (QED) is 0.858. The third-order valence-electron chi connectivity index (χ3n) is 2.04. The second-order valence-electron chi connectivity index (χ2n) is 3.32. The summed E-state index contributed by atoms with van der Waals surface area (Å²) < 4.78 is 1.99. The minimum Gasteiger partial charge on any atom is -0.307 e. The zero-order valence-corrected chi connectivity index (χ0v) is 9.04. The van der Waals surface area contributed by atoms with Crippen LogP contribution in [0.2, 0.25) is 0 Å². The minimum absolute atomic E-state index is 0.607. The third-order valence-corrected chi connectivity index (χ3v) is 2.17. The highest BCUT2D eigenvalue weighted by Crippen LogP contribution is 2.04. The highest BCUT2D eigenvalue weighted by atomic mass is 35.5. The molecular weight excluding hydrogens is 210 g/mol. The van der Waals surface area contributed by atoms with Gasteiger partial charge >= 0.3 is 0 Å². The van der Waals surface area contributed by atoms with Gasteiger partial charge in [-0.25, -0.2) is 4.98 Å². The number of hydrogen-bond donors (Lipinski definition) is 1. The van der Waals surface area contributed by atoms with Crippen molar-refractivity contribution in [1.82, 2.24) is 14.7 Å². The summed E-state index contributed by atoms with van der Waals surface area (Å²) in [5.41, 5.74) is 1.96. The van der Waals surface area contributed by atoms with Crippen LogP contribution in [0.4, 0.5) is 0 Å². The summed E-state index contributed by atoms with van der Waals surface area (Å²) >= 11 is 5.64. The summed E-state index contributed by atoms with van der Waals surface area (Å²) in [6.45, 7) is 4.91. The Hall–Kier alpha value is -1.32. The van der Waals surface area contributed by atoms with Gasteiger partial charge in [0.25, 0.3) is 0 Å². The zero-order valence-electron chi connectivity index (χ0n) is 8.28. The molecule has 0 amide bonds. The number of aromatic nitrogens is 2. The fourth-order valence-corrected chi connectivity index (χ4v) is 1.49. The number of nitrogens with one attached hydrogen (secondary N) is 1. The number of halogens is 1. The van der Waals surface area contributed by atoms with E-state index in [0.29, 0.717) is 18.1 Å². The summed E-state index contributed by atoms with van der Waals surface area (Å²) in [4.78, 5) is 4.44. The molecule has 0 fully saturated rings. The maximum atomic E-state index is 5.64. The van der Waals surface area contributed by atoms with Crippen molar-refractivity contribution in [3.63, 3.8) is 0 Å². The van der Waals surface area contributed by atoms with E-state index in [1.54, 1.807) is 0 Å². The van der Waals surface area contributed by atoms with Crippen molar-refractivity contribution in [2.45, 2.75) is 6.54 Å². The Kier molecular flexibility index (Phi) is 3.04. The van der Waals surface area contributed by atoms with Gasteiger partial charge in [-0.05, 0) is 12.1 Å². The van der Waals surface area contributed by atoms with Crippen LogP contribution in [0.15, 0.2) is 42.2 Å². The highest BCUT2D eigenvalue weighted by Gasteiger charge is 1.99. The number of hydrogen-bond acceptors (Lipinski definition) is 2. The molecule has 0 saturated heterocycles. The number of fused-ring (bicyclic) bond motifs is 1. The Balaban J connectivity index is 2.05. The van der Waals surface area contributed by atoms with Gasteiger partial charge in [0.1, 0.15) is 5.65 Å². The van der Waals surface area contributed by atoms with Crippen LogP contribution in [0.25, 0.3) is 5.65 Å². The minimum atomic E-state index is 0.607. The van der Waals surface area contributed by atoms with Crippen molar-refractivity contribution in [3.8, 4) is 0 Å². The van der Waals surface area contributed by atoms with Crippen LogP contribution in [0.3, 0.4) is 0 Å². The number of rotatable bonds is 4. The van der Waals surface area contributed by atoms with E-state index in [9.17, 15) is 0 Å². The van der Waals surface area contributed by atoms with Gasteiger partial charge in [-0.15, -0.1) is 0 Å². The Bertz CT molecular complexity index is 442. The summed E-state index contributed by atoms with van der Waals surface area (Å²) in [7, 11) is 0. The molecule has 0 bridgehead atoms. The first-order valence-electron chi connectivity index (χ1n) is 4.72. The summed E-state index contributed by atoms with van der Waals surface area (Å²) in [5, 5.41) is 3.76. The first-order valence-corrected chi connectivity index (χ1v) is 5.10. The van der Waals surface area contributed by atoms with Crippen molar-refractivity contribution in [2.24, 2.45) is 0 Å². The van der Waals surface area contributed by atoms with Crippen molar-refractivity contribution in [3.05, 3.63) is 47.9 Å². The summed E-state index contributed by atoms with van der Waals surface area (Å²) in [5.74, 6) is 0. The molecule has 0 aliphatic rings. The lowest BCUT2D eigenvalue weighted by atomic mass is 10.4. The molecule has 0 unspecified atom stereocenters. The van der Waals surface area contributed by atoms with Crippen LogP contribution < -0.4 is 5.32 Å².